The predicted octanol–water partition coefficient (Wildman–Crippen LogP) is 2.15. The van der Waals surface area contributed by atoms with Crippen LogP contribution < -0.4 is 11.3 Å². The predicted molar refractivity (Wildman–Crippen MR) is 64.7 cm³/mol. The molecule has 80 valence electrons. The lowest BCUT2D eigenvalue weighted by Gasteiger charge is -2.14. The van der Waals surface area contributed by atoms with Crippen molar-refractivity contribution >= 4 is 15.9 Å². The van der Waals surface area contributed by atoms with Gasteiger partial charge in [0.05, 0.1) is 0 Å². The number of nitrogens with two attached hydrogens (primary N) is 1. The summed E-state index contributed by atoms with van der Waals surface area (Å²) < 4.78 is 0.960. The molecule has 0 fully saturated rings. The highest BCUT2D eigenvalue weighted by Crippen LogP contribution is 2.19. The second-order valence-corrected chi connectivity index (χ2v) is 4.04. The van der Waals surface area contributed by atoms with E-state index in [9.17, 15) is 0 Å². The molecule has 0 aliphatic heterocycles. The summed E-state index contributed by atoms with van der Waals surface area (Å²) in [5.41, 5.74) is 3.85. The fourth-order valence-electron chi connectivity index (χ4n) is 1.31. The van der Waals surface area contributed by atoms with Crippen molar-refractivity contribution in [2.45, 2.75) is 25.8 Å². The van der Waals surface area contributed by atoms with Gasteiger partial charge < -0.3 is 0 Å². The van der Waals surface area contributed by atoms with Crippen LogP contribution in [0, 0.1) is 11.8 Å². The molecule has 1 atom stereocenters. The second-order valence-electron chi connectivity index (χ2n) is 3.12. The summed E-state index contributed by atoms with van der Waals surface area (Å²) in [6.45, 7) is 1.84. The normalized spacial score (nSPS) is 11.7. The van der Waals surface area contributed by atoms with Gasteiger partial charge in [-0.25, -0.2) is 0 Å². The minimum Gasteiger partial charge on any atom is -0.271 e. The van der Waals surface area contributed by atoms with Crippen LogP contribution in [0.3, 0.4) is 0 Å². The van der Waals surface area contributed by atoms with Crippen LogP contribution >= 0.6 is 15.9 Å². The molecule has 0 aliphatic carbocycles. The fraction of sp³-hybridized carbons (Fsp3) is 0.364. The summed E-state index contributed by atoms with van der Waals surface area (Å²) >= 11 is 3.38. The smallest absolute Gasteiger partial charge is 0.0484 e. The second kappa shape index (κ2) is 6.57. The SMILES string of the molecule is CC#CCCC(NN)c1cncc(Br)c1. The van der Waals surface area contributed by atoms with Gasteiger partial charge in [0.15, 0.2) is 0 Å². The summed E-state index contributed by atoms with van der Waals surface area (Å²) in [5.74, 6) is 11.4. The summed E-state index contributed by atoms with van der Waals surface area (Å²) in [5, 5.41) is 0. The van der Waals surface area contributed by atoms with Gasteiger partial charge in [-0.1, -0.05) is 0 Å². The van der Waals surface area contributed by atoms with Crippen molar-refractivity contribution in [3.63, 3.8) is 0 Å². The number of hydrogen-bond donors (Lipinski definition) is 2. The highest BCUT2D eigenvalue weighted by molar-refractivity contribution is 9.10. The van der Waals surface area contributed by atoms with Crippen molar-refractivity contribution in [1.82, 2.24) is 10.4 Å². The van der Waals surface area contributed by atoms with Crippen LogP contribution in [0.2, 0.25) is 0 Å². The van der Waals surface area contributed by atoms with Gasteiger partial charge in [-0.2, -0.15) is 0 Å². The quantitative estimate of drug-likeness (QED) is 0.500. The molecule has 4 heteroatoms. The zero-order chi connectivity index (χ0) is 11.1. The number of nitrogens with zero attached hydrogens (tertiary/aromatic N) is 1. The van der Waals surface area contributed by atoms with Crippen LogP contribution in [-0.2, 0) is 0 Å². The number of hydrazine groups is 1. The molecular formula is C11H14BrN3. The maximum Gasteiger partial charge on any atom is 0.0484 e. The van der Waals surface area contributed by atoms with Crippen LogP contribution in [0.4, 0.5) is 0 Å². The van der Waals surface area contributed by atoms with E-state index in [2.05, 4.69) is 38.2 Å². The third-order valence-corrected chi connectivity index (χ3v) is 2.50. The Morgan fingerprint density at radius 3 is 3.00 bits per heavy atom. The van der Waals surface area contributed by atoms with Crippen LogP contribution in [0.25, 0.3) is 0 Å². The van der Waals surface area contributed by atoms with Gasteiger partial charge in [-0.15, -0.1) is 11.8 Å². The van der Waals surface area contributed by atoms with Gasteiger partial charge in [0, 0.05) is 29.3 Å². The zero-order valence-electron chi connectivity index (χ0n) is 8.63. The molecule has 1 rings (SSSR count). The molecule has 1 aromatic heterocycles. The molecule has 3 nitrogen and oxygen atoms in total. The molecule has 1 unspecified atom stereocenters. The first-order chi connectivity index (χ1) is 7.27. The lowest BCUT2D eigenvalue weighted by molar-refractivity contribution is 0.522. The Morgan fingerprint density at radius 2 is 2.40 bits per heavy atom. The molecule has 0 spiro atoms. The number of pyridine rings is 1. The van der Waals surface area contributed by atoms with Crippen molar-refractivity contribution in [2.24, 2.45) is 5.84 Å². The lowest BCUT2D eigenvalue weighted by atomic mass is 10.1. The van der Waals surface area contributed by atoms with Crippen LogP contribution in [0.5, 0.6) is 0 Å². The van der Waals surface area contributed by atoms with E-state index in [1.165, 1.54) is 0 Å². The monoisotopic (exact) mass is 267 g/mol. The van der Waals surface area contributed by atoms with Crippen molar-refractivity contribution in [3.8, 4) is 11.8 Å². The minimum absolute atomic E-state index is 0.107. The minimum atomic E-state index is 0.107. The van der Waals surface area contributed by atoms with Gasteiger partial charge >= 0.3 is 0 Å². The molecule has 0 saturated heterocycles. The van der Waals surface area contributed by atoms with E-state index in [0.717, 1.165) is 22.9 Å². The van der Waals surface area contributed by atoms with Gasteiger partial charge in [0.1, 0.15) is 0 Å². The molecule has 0 aromatic carbocycles. The topological polar surface area (TPSA) is 50.9 Å². The van der Waals surface area contributed by atoms with Gasteiger partial charge in [-0.3, -0.25) is 16.3 Å². The molecule has 0 bridgehead atoms. The maximum atomic E-state index is 5.50. The van der Waals surface area contributed by atoms with Crippen molar-refractivity contribution in [2.75, 3.05) is 0 Å². The van der Waals surface area contributed by atoms with E-state index in [1.54, 1.807) is 6.20 Å². The molecular weight excluding hydrogens is 254 g/mol. The Morgan fingerprint density at radius 1 is 1.60 bits per heavy atom. The number of hydrogen-bond acceptors (Lipinski definition) is 3. The summed E-state index contributed by atoms with van der Waals surface area (Å²) in [4.78, 5) is 4.10. The molecule has 0 amide bonds. The van der Waals surface area contributed by atoms with Crippen molar-refractivity contribution in [3.05, 3.63) is 28.5 Å². The first kappa shape index (κ1) is 12.2. The number of nitrogens with one attached hydrogen (secondary N) is 1. The molecule has 0 aliphatic rings. The number of halogens is 1. The van der Waals surface area contributed by atoms with E-state index in [4.69, 9.17) is 5.84 Å². The van der Waals surface area contributed by atoms with E-state index in [1.807, 2.05) is 19.2 Å². The van der Waals surface area contributed by atoms with Crippen molar-refractivity contribution in [1.29, 1.82) is 0 Å². The summed E-state index contributed by atoms with van der Waals surface area (Å²) in [7, 11) is 0. The number of rotatable bonds is 4. The summed E-state index contributed by atoms with van der Waals surface area (Å²) in [6, 6.07) is 2.12. The Hall–Kier alpha value is -0.890. The van der Waals surface area contributed by atoms with E-state index in [0.29, 0.717) is 0 Å². The lowest BCUT2D eigenvalue weighted by Crippen LogP contribution is -2.28. The van der Waals surface area contributed by atoms with E-state index >= 15 is 0 Å². The largest absolute Gasteiger partial charge is 0.271 e. The Labute approximate surface area is 98.6 Å². The zero-order valence-corrected chi connectivity index (χ0v) is 10.2. The Balaban J connectivity index is 2.68. The first-order valence-corrected chi connectivity index (χ1v) is 5.53. The third-order valence-electron chi connectivity index (χ3n) is 2.06. The van der Waals surface area contributed by atoms with Gasteiger partial charge in [-0.05, 0) is 40.9 Å². The molecule has 15 heavy (non-hydrogen) atoms. The Kier molecular flexibility index (Phi) is 5.33. The number of aromatic nitrogens is 1. The fourth-order valence-corrected chi connectivity index (χ4v) is 1.69. The highest BCUT2D eigenvalue weighted by atomic mass is 79.9. The maximum absolute atomic E-state index is 5.50. The first-order valence-electron chi connectivity index (χ1n) is 4.74. The molecule has 0 saturated carbocycles. The van der Waals surface area contributed by atoms with Crippen LogP contribution in [-0.4, -0.2) is 4.98 Å². The van der Waals surface area contributed by atoms with Crippen molar-refractivity contribution < 1.29 is 0 Å². The van der Waals surface area contributed by atoms with E-state index in [-0.39, 0.29) is 6.04 Å². The van der Waals surface area contributed by atoms with Crippen LogP contribution in [0.15, 0.2) is 22.9 Å². The summed E-state index contributed by atoms with van der Waals surface area (Å²) in [6.07, 6.45) is 5.28. The molecule has 1 heterocycles. The standard InChI is InChI=1S/C11H14BrN3/c1-2-3-4-5-11(15-13)9-6-10(12)8-14-7-9/h6-8,11,15H,4-5,13H2,1H3. The van der Waals surface area contributed by atoms with Gasteiger partial charge in [0.2, 0.25) is 0 Å². The third kappa shape index (κ3) is 4.00. The average molecular weight is 268 g/mol. The molecule has 1 aromatic rings. The Bertz CT molecular complexity index is 368. The molecule has 3 N–H and O–H groups in total. The average Bonchev–Trinajstić information content (AvgIpc) is 2.24. The van der Waals surface area contributed by atoms with Crippen LogP contribution in [0.1, 0.15) is 31.4 Å². The highest BCUT2D eigenvalue weighted by Gasteiger charge is 2.09. The van der Waals surface area contributed by atoms with E-state index < -0.39 is 0 Å². The van der Waals surface area contributed by atoms with Gasteiger partial charge in [0.25, 0.3) is 0 Å². The molecule has 0 radical (unpaired) electrons.